The number of aromatic nitrogens is 3. The van der Waals surface area contributed by atoms with Crippen molar-refractivity contribution in [2.24, 2.45) is 0 Å². The molecule has 3 fully saturated rings. The number of fused-ring (bicyclic) bond motifs is 1. The normalized spacial score (nSPS) is 19.1. The van der Waals surface area contributed by atoms with E-state index in [9.17, 15) is 27.6 Å². The van der Waals surface area contributed by atoms with E-state index in [1.54, 1.807) is 56.9 Å². The second kappa shape index (κ2) is 13.4. The number of aryl methyl sites for hydroxylation is 1. The molecule has 50 heavy (non-hydrogen) atoms. The van der Waals surface area contributed by atoms with Crippen LogP contribution in [0.2, 0.25) is 0 Å². The number of carbonyl (C=O) groups excluding carboxylic acids is 3. The van der Waals surface area contributed by atoms with Gasteiger partial charge in [-0.2, -0.15) is 18.3 Å². The lowest BCUT2D eigenvalue weighted by atomic mass is 9.87. The van der Waals surface area contributed by atoms with E-state index in [1.807, 2.05) is 0 Å². The summed E-state index contributed by atoms with van der Waals surface area (Å²) in [6.45, 7) is 11.9. The third-order valence-corrected chi connectivity index (χ3v) is 9.32. The summed E-state index contributed by atoms with van der Waals surface area (Å²) in [4.78, 5) is 51.8. The van der Waals surface area contributed by atoms with Crippen LogP contribution in [0.5, 0.6) is 0 Å². The fourth-order valence-corrected chi connectivity index (χ4v) is 6.59. The van der Waals surface area contributed by atoms with Gasteiger partial charge in [0.25, 0.3) is 11.8 Å². The zero-order chi connectivity index (χ0) is 36.0. The fourth-order valence-electron chi connectivity index (χ4n) is 6.59. The summed E-state index contributed by atoms with van der Waals surface area (Å²) < 4.78 is 63.8. The third kappa shape index (κ3) is 7.55. The minimum atomic E-state index is -4.79. The van der Waals surface area contributed by atoms with Gasteiger partial charge in [-0.15, -0.1) is 0 Å². The van der Waals surface area contributed by atoms with Gasteiger partial charge in [-0.3, -0.25) is 19.4 Å². The molecule has 0 spiro atoms. The number of carbonyl (C=O) groups is 3. The van der Waals surface area contributed by atoms with Gasteiger partial charge in [0.15, 0.2) is 17.0 Å². The van der Waals surface area contributed by atoms with Gasteiger partial charge >= 0.3 is 12.3 Å². The summed E-state index contributed by atoms with van der Waals surface area (Å²) in [6.07, 6.45) is -4.36. The quantitative estimate of drug-likeness (QED) is 0.359. The zero-order valence-corrected chi connectivity index (χ0v) is 28.7. The Hall–Kier alpha value is -4.31. The molecule has 5 heterocycles. The standard InChI is InChI=1S/C34H42F4N8O4/c1-23-18-27-39-20-26(28(34(36,37)38)46(27)40-23)30(48)44-16-12-42(13-17-44)9-8-41-10-14-43(15-11-41)29(47)24-6-5-7-25(19-24)33(35)21-45(22-33)31(49)50-32(2,3)4/h5-7,18-20H,8-17,21-22H2,1-4H3. The van der Waals surface area contributed by atoms with E-state index >= 15 is 4.39 Å². The van der Waals surface area contributed by atoms with Crippen molar-refractivity contribution in [3.63, 3.8) is 0 Å². The van der Waals surface area contributed by atoms with Crippen molar-refractivity contribution in [2.45, 2.75) is 45.1 Å². The van der Waals surface area contributed by atoms with Crippen LogP contribution >= 0.6 is 0 Å². The first kappa shape index (κ1) is 35.5. The zero-order valence-electron chi connectivity index (χ0n) is 28.7. The van der Waals surface area contributed by atoms with Crippen molar-refractivity contribution in [3.8, 4) is 0 Å². The van der Waals surface area contributed by atoms with E-state index < -0.39 is 40.7 Å². The lowest BCUT2D eigenvalue weighted by Gasteiger charge is -2.44. The Morgan fingerprint density at radius 2 is 1.42 bits per heavy atom. The minimum absolute atomic E-state index is 0.0313. The van der Waals surface area contributed by atoms with Crippen LogP contribution in [-0.2, 0) is 16.6 Å². The predicted molar refractivity (Wildman–Crippen MR) is 174 cm³/mol. The maximum atomic E-state index is 15.7. The van der Waals surface area contributed by atoms with Gasteiger partial charge in [-0.05, 0) is 45.4 Å². The van der Waals surface area contributed by atoms with Crippen molar-refractivity contribution in [3.05, 3.63) is 64.6 Å². The van der Waals surface area contributed by atoms with Gasteiger partial charge in [0, 0.05) is 83.3 Å². The molecule has 12 nitrogen and oxygen atoms in total. The molecule has 2 aromatic heterocycles. The van der Waals surface area contributed by atoms with Crippen LogP contribution in [0.3, 0.4) is 0 Å². The molecule has 270 valence electrons. The molecule has 0 aliphatic carbocycles. The molecule has 3 saturated heterocycles. The first-order chi connectivity index (χ1) is 23.5. The summed E-state index contributed by atoms with van der Waals surface area (Å²) >= 11 is 0. The number of hydrogen-bond acceptors (Lipinski definition) is 8. The van der Waals surface area contributed by atoms with Crippen LogP contribution in [0.4, 0.5) is 22.4 Å². The average Bonchev–Trinajstić information content (AvgIpc) is 3.44. The first-order valence-electron chi connectivity index (χ1n) is 16.7. The van der Waals surface area contributed by atoms with Crippen molar-refractivity contribution in [1.29, 1.82) is 0 Å². The monoisotopic (exact) mass is 702 g/mol. The Morgan fingerprint density at radius 1 is 0.840 bits per heavy atom. The van der Waals surface area contributed by atoms with E-state index in [1.165, 1.54) is 15.9 Å². The van der Waals surface area contributed by atoms with Gasteiger partial charge in [0.05, 0.1) is 24.3 Å². The van der Waals surface area contributed by atoms with Gasteiger partial charge in [-0.25, -0.2) is 18.7 Å². The summed E-state index contributed by atoms with van der Waals surface area (Å²) in [6, 6.07) is 7.97. The van der Waals surface area contributed by atoms with E-state index in [0.29, 0.717) is 67.1 Å². The number of halogens is 4. The lowest BCUT2D eigenvalue weighted by Crippen LogP contribution is -2.59. The van der Waals surface area contributed by atoms with E-state index in [-0.39, 0.29) is 37.7 Å². The maximum absolute atomic E-state index is 15.7. The summed E-state index contributed by atoms with van der Waals surface area (Å²) in [5.41, 5.74) is -2.91. The molecule has 0 atom stereocenters. The van der Waals surface area contributed by atoms with Crippen molar-refractivity contribution >= 4 is 23.6 Å². The molecule has 1 aromatic carbocycles. The Morgan fingerprint density at radius 3 is 1.98 bits per heavy atom. The van der Waals surface area contributed by atoms with Gasteiger partial charge < -0.3 is 19.4 Å². The van der Waals surface area contributed by atoms with Gasteiger partial charge in [0.2, 0.25) is 0 Å². The number of hydrogen-bond donors (Lipinski definition) is 0. The fraction of sp³-hybridized carbons (Fsp3) is 0.559. The van der Waals surface area contributed by atoms with Crippen LogP contribution in [0.25, 0.3) is 5.65 Å². The molecular formula is C34H42F4N8O4. The van der Waals surface area contributed by atoms with E-state index in [2.05, 4.69) is 19.9 Å². The van der Waals surface area contributed by atoms with Crippen LogP contribution in [0.15, 0.2) is 36.5 Å². The second-order valence-corrected chi connectivity index (χ2v) is 14.2. The first-order valence-corrected chi connectivity index (χ1v) is 16.7. The SMILES string of the molecule is Cc1cc2ncc(C(=O)N3CCN(CCN4CCN(C(=O)c5cccc(C6(F)CN(C(=O)OC(C)(C)C)C6)c5)CC4)CC3)c(C(F)(F)F)n2n1. The van der Waals surface area contributed by atoms with Gasteiger partial charge in [0.1, 0.15) is 5.60 Å². The number of ether oxygens (including phenoxy) is 1. The number of likely N-dealkylation sites (tertiary alicyclic amines) is 1. The highest BCUT2D eigenvalue weighted by Crippen LogP contribution is 2.37. The molecule has 3 aromatic rings. The third-order valence-electron chi connectivity index (χ3n) is 9.32. The van der Waals surface area contributed by atoms with Crippen molar-refractivity contribution in [2.75, 3.05) is 78.5 Å². The predicted octanol–water partition coefficient (Wildman–Crippen LogP) is 3.69. The Balaban J connectivity index is 0.958. The van der Waals surface area contributed by atoms with Crippen LogP contribution in [0.1, 0.15) is 58.4 Å². The number of rotatable bonds is 6. The van der Waals surface area contributed by atoms with E-state index in [0.717, 1.165) is 12.7 Å². The molecule has 0 radical (unpaired) electrons. The number of benzene rings is 1. The molecule has 6 rings (SSSR count). The number of nitrogens with zero attached hydrogens (tertiary/aromatic N) is 8. The van der Waals surface area contributed by atoms with Crippen LogP contribution in [-0.4, -0.2) is 141 Å². The lowest BCUT2D eigenvalue weighted by molar-refractivity contribution is -0.143. The largest absolute Gasteiger partial charge is 0.444 e. The smallest absolute Gasteiger partial charge is 0.434 e. The molecule has 0 saturated carbocycles. The number of piperazine rings is 2. The highest BCUT2D eigenvalue weighted by Gasteiger charge is 2.49. The molecule has 3 amide bonds. The summed E-state index contributed by atoms with van der Waals surface area (Å²) in [7, 11) is 0. The molecule has 0 N–H and O–H groups in total. The maximum Gasteiger partial charge on any atom is 0.434 e. The molecule has 3 aliphatic rings. The molecular weight excluding hydrogens is 660 g/mol. The number of alkyl halides is 4. The minimum Gasteiger partial charge on any atom is -0.444 e. The second-order valence-electron chi connectivity index (χ2n) is 14.2. The number of amides is 3. The van der Waals surface area contributed by atoms with Crippen LogP contribution in [0, 0.1) is 6.92 Å². The summed E-state index contributed by atoms with van der Waals surface area (Å²) in [5, 5.41) is 3.91. The Kier molecular flexibility index (Phi) is 9.54. The highest BCUT2D eigenvalue weighted by atomic mass is 19.4. The topological polar surface area (TPSA) is 107 Å². The van der Waals surface area contributed by atoms with Gasteiger partial charge in [-0.1, -0.05) is 12.1 Å². The van der Waals surface area contributed by atoms with Crippen molar-refractivity contribution in [1.82, 2.24) is 39.1 Å². The molecule has 16 heteroatoms. The van der Waals surface area contributed by atoms with Crippen LogP contribution < -0.4 is 0 Å². The van der Waals surface area contributed by atoms with E-state index in [4.69, 9.17) is 4.74 Å². The highest BCUT2D eigenvalue weighted by molar-refractivity contribution is 5.96. The Bertz CT molecular complexity index is 1750. The van der Waals surface area contributed by atoms with Crippen molar-refractivity contribution < 1.29 is 36.7 Å². The molecule has 0 unspecified atom stereocenters. The average molecular weight is 703 g/mol. The molecule has 3 aliphatic heterocycles. The molecule has 0 bridgehead atoms. The Labute approximate surface area is 287 Å². The summed E-state index contributed by atoms with van der Waals surface area (Å²) in [5.74, 6) is -0.895.